The Kier molecular flexibility index (Phi) is 2.93. The molecule has 1 unspecified atom stereocenters. The average molecular weight is 262 g/mol. The van der Waals surface area contributed by atoms with Gasteiger partial charge in [-0.15, -0.1) is 0 Å². The molecule has 2 aromatic rings. The van der Waals surface area contributed by atoms with Crippen molar-refractivity contribution in [1.29, 1.82) is 0 Å². The molecular weight excluding hydrogens is 244 g/mol. The number of nitrogens with zero attached hydrogens (tertiary/aromatic N) is 3. The van der Waals surface area contributed by atoms with Crippen LogP contribution in [0.1, 0.15) is 25.3 Å². The van der Waals surface area contributed by atoms with Crippen molar-refractivity contribution in [1.82, 2.24) is 14.6 Å². The maximum atomic E-state index is 4.26. The van der Waals surface area contributed by atoms with E-state index in [0.29, 0.717) is 4.75 Å². The number of hydrogen-bond acceptors (Lipinski definition) is 4. The van der Waals surface area contributed by atoms with Crippen LogP contribution in [0, 0.1) is 6.92 Å². The first-order valence-corrected chi connectivity index (χ1v) is 7.33. The lowest BCUT2D eigenvalue weighted by Crippen LogP contribution is -2.27. The smallest absolute Gasteiger partial charge is 0.157 e. The predicted octanol–water partition coefficient (Wildman–Crippen LogP) is 2.74. The van der Waals surface area contributed by atoms with Crippen LogP contribution in [0.15, 0.2) is 18.5 Å². The predicted molar refractivity (Wildman–Crippen MR) is 76.3 cm³/mol. The summed E-state index contributed by atoms with van der Waals surface area (Å²) in [6.45, 7) is 5.41. The zero-order valence-electron chi connectivity index (χ0n) is 10.8. The summed E-state index contributed by atoms with van der Waals surface area (Å²) >= 11 is 2.07. The van der Waals surface area contributed by atoms with Crippen molar-refractivity contribution < 1.29 is 0 Å². The fourth-order valence-electron chi connectivity index (χ4n) is 2.44. The van der Waals surface area contributed by atoms with Gasteiger partial charge in [0.2, 0.25) is 0 Å². The van der Waals surface area contributed by atoms with E-state index in [1.54, 1.807) is 6.33 Å². The van der Waals surface area contributed by atoms with Gasteiger partial charge in [0.25, 0.3) is 0 Å². The van der Waals surface area contributed by atoms with Crippen molar-refractivity contribution >= 4 is 23.2 Å². The van der Waals surface area contributed by atoms with E-state index in [0.717, 1.165) is 18.0 Å². The minimum Gasteiger partial charge on any atom is -0.369 e. The molecule has 0 spiro atoms. The number of aromatic nitrogens is 3. The Hall–Kier alpha value is -1.23. The molecule has 1 fully saturated rings. The summed E-state index contributed by atoms with van der Waals surface area (Å²) in [7, 11) is 0. The number of anilines is 1. The maximum Gasteiger partial charge on any atom is 0.157 e. The lowest BCUT2D eigenvalue weighted by molar-refractivity contribution is 0.632. The molecule has 1 saturated heterocycles. The largest absolute Gasteiger partial charge is 0.369 e. The minimum absolute atomic E-state index is 0.358. The molecule has 0 aliphatic carbocycles. The highest BCUT2D eigenvalue weighted by Crippen LogP contribution is 2.37. The van der Waals surface area contributed by atoms with E-state index in [9.17, 15) is 0 Å². The molecular formula is C13H18N4S. The Balaban J connectivity index is 1.83. The van der Waals surface area contributed by atoms with Crippen LogP contribution in [0.25, 0.3) is 5.65 Å². The van der Waals surface area contributed by atoms with Crippen LogP contribution in [0.4, 0.5) is 5.82 Å². The van der Waals surface area contributed by atoms with E-state index in [2.05, 4.69) is 47.1 Å². The standard InChI is InChI=1S/C13H18N4S/c1-10-6-11(17-12(7-10)15-9-16-17)14-8-13(2)4-3-5-18-13/h6-7,9,14H,3-5,8H2,1-2H3. The summed E-state index contributed by atoms with van der Waals surface area (Å²) < 4.78 is 2.23. The number of aryl methyl sites for hydroxylation is 1. The van der Waals surface area contributed by atoms with Crippen molar-refractivity contribution in [2.24, 2.45) is 0 Å². The van der Waals surface area contributed by atoms with E-state index >= 15 is 0 Å². The highest BCUT2D eigenvalue weighted by molar-refractivity contribution is 8.00. The Morgan fingerprint density at radius 2 is 2.39 bits per heavy atom. The van der Waals surface area contributed by atoms with Crippen LogP contribution in [0.3, 0.4) is 0 Å². The average Bonchev–Trinajstić information content (AvgIpc) is 2.95. The zero-order valence-corrected chi connectivity index (χ0v) is 11.6. The SMILES string of the molecule is Cc1cc(NCC2(C)CCCS2)n2ncnc2c1. The van der Waals surface area contributed by atoms with Gasteiger partial charge >= 0.3 is 0 Å². The van der Waals surface area contributed by atoms with Crippen molar-refractivity contribution in [3.05, 3.63) is 24.0 Å². The second kappa shape index (κ2) is 4.46. The van der Waals surface area contributed by atoms with Gasteiger partial charge in [-0.25, -0.2) is 4.98 Å². The van der Waals surface area contributed by atoms with E-state index in [4.69, 9.17) is 0 Å². The van der Waals surface area contributed by atoms with Gasteiger partial charge in [-0.05, 0) is 50.1 Å². The molecule has 1 N–H and O–H groups in total. The molecule has 18 heavy (non-hydrogen) atoms. The monoisotopic (exact) mass is 262 g/mol. The Morgan fingerprint density at radius 1 is 1.50 bits per heavy atom. The molecule has 0 saturated carbocycles. The molecule has 1 aliphatic heterocycles. The number of thioether (sulfide) groups is 1. The van der Waals surface area contributed by atoms with Crippen LogP contribution >= 0.6 is 11.8 Å². The normalized spacial score (nSPS) is 23.7. The molecule has 0 amide bonds. The van der Waals surface area contributed by atoms with Gasteiger partial charge in [-0.1, -0.05) is 0 Å². The van der Waals surface area contributed by atoms with Crippen LogP contribution in [-0.2, 0) is 0 Å². The highest BCUT2D eigenvalue weighted by atomic mass is 32.2. The molecule has 4 nitrogen and oxygen atoms in total. The van der Waals surface area contributed by atoms with Crippen LogP contribution in [-0.4, -0.2) is 31.6 Å². The molecule has 96 valence electrons. The molecule has 1 aliphatic rings. The topological polar surface area (TPSA) is 42.2 Å². The van der Waals surface area contributed by atoms with Crippen LogP contribution < -0.4 is 5.32 Å². The summed E-state index contributed by atoms with van der Waals surface area (Å²) in [5, 5.41) is 7.80. The Labute approximate surface area is 111 Å². The van der Waals surface area contributed by atoms with E-state index in [-0.39, 0.29) is 0 Å². The second-order valence-corrected chi connectivity index (χ2v) is 6.89. The highest BCUT2D eigenvalue weighted by Gasteiger charge is 2.29. The van der Waals surface area contributed by atoms with Gasteiger partial charge in [-0.2, -0.15) is 21.4 Å². The van der Waals surface area contributed by atoms with Gasteiger partial charge in [0.15, 0.2) is 5.65 Å². The van der Waals surface area contributed by atoms with E-state index in [1.165, 1.54) is 24.2 Å². The molecule has 0 radical (unpaired) electrons. The van der Waals surface area contributed by atoms with Crippen LogP contribution in [0.5, 0.6) is 0 Å². The van der Waals surface area contributed by atoms with Gasteiger partial charge in [0.05, 0.1) is 0 Å². The number of pyridine rings is 1. The zero-order chi connectivity index (χ0) is 12.6. The third-order valence-corrected chi connectivity index (χ3v) is 5.01. The fourth-order valence-corrected chi connectivity index (χ4v) is 3.68. The summed E-state index contributed by atoms with van der Waals surface area (Å²) in [4.78, 5) is 4.24. The quantitative estimate of drug-likeness (QED) is 0.923. The van der Waals surface area contributed by atoms with Crippen molar-refractivity contribution in [2.45, 2.75) is 31.4 Å². The summed E-state index contributed by atoms with van der Waals surface area (Å²) in [6, 6.07) is 4.18. The number of fused-ring (bicyclic) bond motifs is 1. The van der Waals surface area contributed by atoms with Crippen molar-refractivity contribution in [3.8, 4) is 0 Å². The summed E-state index contributed by atoms with van der Waals surface area (Å²) in [5.41, 5.74) is 2.11. The first-order valence-electron chi connectivity index (χ1n) is 6.35. The van der Waals surface area contributed by atoms with Crippen molar-refractivity contribution in [3.63, 3.8) is 0 Å². The van der Waals surface area contributed by atoms with E-state index < -0.39 is 0 Å². The van der Waals surface area contributed by atoms with Gasteiger partial charge < -0.3 is 5.32 Å². The molecule has 0 bridgehead atoms. The molecule has 2 aromatic heterocycles. The molecule has 5 heteroatoms. The Bertz CT molecular complexity index is 557. The number of nitrogens with one attached hydrogen (secondary N) is 1. The first kappa shape index (κ1) is 11.8. The van der Waals surface area contributed by atoms with Crippen molar-refractivity contribution in [2.75, 3.05) is 17.6 Å². The summed E-state index contributed by atoms with van der Waals surface area (Å²) in [6.07, 6.45) is 4.22. The molecule has 1 atom stereocenters. The number of hydrogen-bond donors (Lipinski definition) is 1. The lowest BCUT2D eigenvalue weighted by Gasteiger charge is -2.23. The van der Waals surface area contributed by atoms with Gasteiger partial charge in [0.1, 0.15) is 12.1 Å². The molecule has 0 aromatic carbocycles. The number of rotatable bonds is 3. The maximum absolute atomic E-state index is 4.26. The lowest BCUT2D eigenvalue weighted by atomic mass is 10.1. The van der Waals surface area contributed by atoms with Crippen LogP contribution in [0.2, 0.25) is 0 Å². The first-order chi connectivity index (χ1) is 8.66. The van der Waals surface area contributed by atoms with Gasteiger partial charge in [-0.3, -0.25) is 0 Å². The fraction of sp³-hybridized carbons (Fsp3) is 0.538. The van der Waals surface area contributed by atoms with E-state index in [1.807, 2.05) is 10.6 Å². The van der Waals surface area contributed by atoms with Gasteiger partial charge in [0, 0.05) is 11.3 Å². The second-order valence-electron chi connectivity index (χ2n) is 5.20. The summed E-state index contributed by atoms with van der Waals surface area (Å²) in [5.74, 6) is 2.32. The molecule has 3 heterocycles. The Morgan fingerprint density at radius 3 is 3.17 bits per heavy atom. The molecule has 3 rings (SSSR count). The third kappa shape index (κ3) is 2.19. The minimum atomic E-state index is 0.358. The third-order valence-electron chi connectivity index (χ3n) is 3.47.